The number of ether oxygens (including phenoxy) is 1. The summed E-state index contributed by atoms with van der Waals surface area (Å²) in [5.74, 6) is -0.751. The van der Waals surface area contributed by atoms with Gasteiger partial charge in [-0.1, -0.05) is 6.92 Å². The Hall–Kier alpha value is -2.90. The normalized spacial score (nSPS) is 19.7. The molecule has 1 aromatic carbocycles. The van der Waals surface area contributed by atoms with Gasteiger partial charge in [-0.25, -0.2) is 0 Å². The number of carbonyl (C=O) groups excluding carboxylic acids is 4. The molecule has 0 bridgehead atoms. The standard InChI is InChI=1S/C19H25N3O5/c1-3-14-19(26)22-15-10-12(27-2)8-9-13(15)16(23)6-4-5-7-17(24)20-11-18(25)21-14/h8-10,14H,3-7,11H2,1-2H3,(H,20,24)(H,21,25)(H,22,26)/t14-/m1/s1. The Bertz CT molecular complexity index is 732. The number of hydrogen-bond donors (Lipinski definition) is 3. The Morgan fingerprint density at radius 1 is 1.07 bits per heavy atom. The summed E-state index contributed by atoms with van der Waals surface area (Å²) in [6.07, 6.45) is 1.93. The Kier molecular flexibility index (Phi) is 7.34. The van der Waals surface area contributed by atoms with E-state index in [4.69, 9.17) is 4.74 Å². The van der Waals surface area contributed by atoms with Crippen LogP contribution in [0.2, 0.25) is 0 Å². The highest BCUT2D eigenvalue weighted by Crippen LogP contribution is 2.25. The molecule has 0 radical (unpaired) electrons. The maximum Gasteiger partial charge on any atom is 0.246 e. The molecular formula is C19H25N3O5. The summed E-state index contributed by atoms with van der Waals surface area (Å²) in [7, 11) is 1.50. The molecule has 2 rings (SSSR count). The van der Waals surface area contributed by atoms with Gasteiger partial charge >= 0.3 is 0 Å². The van der Waals surface area contributed by atoms with Crippen molar-refractivity contribution in [1.29, 1.82) is 0 Å². The molecule has 8 heteroatoms. The van der Waals surface area contributed by atoms with E-state index in [0.717, 1.165) is 0 Å². The molecule has 1 aromatic rings. The highest BCUT2D eigenvalue weighted by Gasteiger charge is 2.22. The molecule has 3 N–H and O–H groups in total. The van der Waals surface area contributed by atoms with Crippen molar-refractivity contribution in [2.24, 2.45) is 0 Å². The van der Waals surface area contributed by atoms with Gasteiger partial charge in [-0.3, -0.25) is 19.2 Å². The number of nitrogens with one attached hydrogen (secondary N) is 3. The molecule has 27 heavy (non-hydrogen) atoms. The lowest BCUT2D eigenvalue weighted by atomic mass is 10.0. The van der Waals surface area contributed by atoms with Crippen molar-refractivity contribution in [1.82, 2.24) is 10.6 Å². The summed E-state index contributed by atoms with van der Waals surface area (Å²) < 4.78 is 5.18. The van der Waals surface area contributed by atoms with Crippen LogP contribution < -0.4 is 20.7 Å². The minimum Gasteiger partial charge on any atom is -0.497 e. The highest BCUT2D eigenvalue weighted by atomic mass is 16.5. The third-order valence-electron chi connectivity index (χ3n) is 4.35. The number of carbonyl (C=O) groups is 4. The summed E-state index contributed by atoms with van der Waals surface area (Å²) >= 11 is 0. The van der Waals surface area contributed by atoms with Gasteiger partial charge in [-0.05, 0) is 31.4 Å². The topological polar surface area (TPSA) is 114 Å². The Balaban J connectivity index is 2.31. The van der Waals surface area contributed by atoms with E-state index in [-0.39, 0.29) is 31.1 Å². The minimum absolute atomic E-state index is 0.125. The van der Waals surface area contributed by atoms with E-state index in [1.54, 1.807) is 25.1 Å². The molecule has 1 aliphatic rings. The van der Waals surface area contributed by atoms with Crippen molar-refractivity contribution in [3.8, 4) is 5.75 Å². The first kappa shape index (κ1) is 20.4. The van der Waals surface area contributed by atoms with Gasteiger partial charge in [0.05, 0.1) is 19.3 Å². The molecule has 3 amide bonds. The lowest BCUT2D eigenvalue weighted by Gasteiger charge is -2.18. The summed E-state index contributed by atoms with van der Waals surface area (Å²) in [6, 6.07) is 4.07. The van der Waals surface area contributed by atoms with Gasteiger partial charge in [0, 0.05) is 24.5 Å². The first-order valence-corrected chi connectivity index (χ1v) is 9.02. The van der Waals surface area contributed by atoms with Crippen LogP contribution in [0.3, 0.4) is 0 Å². The molecule has 0 saturated carbocycles. The summed E-state index contributed by atoms with van der Waals surface area (Å²) in [5, 5.41) is 7.84. The van der Waals surface area contributed by atoms with Crippen molar-refractivity contribution in [2.45, 2.75) is 45.1 Å². The lowest BCUT2D eigenvalue weighted by molar-refractivity contribution is -0.128. The number of ketones is 1. The molecule has 0 fully saturated rings. The zero-order chi connectivity index (χ0) is 19.8. The number of rotatable bonds is 2. The van der Waals surface area contributed by atoms with Gasteiger partial charge in [0.2, 0.25) is 17.7 Å². The molecule has 0 saturated heterocycles. The molecule has 1 aliphatic heterocycles. The van der Waals surface area contributed by atoms with Crippen LogP contribution in [-0.2, 0) is 14.4 Å². The zero-order valence-electron chi connectivity index (χ0n) is 15.6. The molecule has 1 atom stereocenters. The van der Waals surface area contributed by atoms with Gasteiger partial charge in [0.25, 0.3) is 0 Å². The van der Waals surface area contributed by atoms with E-state index < -0.39 is 17.9 Å². The van der Waals surface area contributed by atoms with E-state index in [1.165, 1.54) is 7.11 Å². The van der Waals surface area contributed by atoms with E-state index >= 15 is 0 Å². The smallest absolute Gasteiger partial charge is 0.246 e. The van der Waals surface area contributed by atoms with Crippen LogP contribution in [0.5, 0.6) is 5.75 Å². The van der Waals surface area contributed by atoms with Crippen LogP contribution in [0.4, 0.5) is 5.69 Å². The molecule has 0 aromatic heterocycles. The Morgan fingerprint density at radius 3 is 2.52 bits per heavy atom. The van der Waals surface area contributed by atoms with Crippen molar-refractivity contribution in [2.75, 3.05) is 19.0 Å². The molecule has 146 valence electrons. The number of Topliss-reactive ketones (excluding diaryl/α,β-unsaturated/α-hetero) is 1. The fourth-order valence-corrected chi connectivity index (χ4v) is 2.79. The van der Waals surface area contributed by atoms with Crippen molar-refractivity contribution in [3.05, 3.63) is 23.8 Å². The van der Waals surface area contributed by atoms with E-state index in [2.05, 4.69) is 16.0 Å². The average Bonchev–Trinajstić information content (AvgIpc) is 2.66. The second-order valence-electron chi connectivity index (χ2n) is 6.34. The van der Waals surface area contributed by atoms with Crippen molar-refractivity contribution >= 4 is 29.2 Å². The molecule has 0 aliphatic carbocycles. The quantitative estimate of drug-likeness (QED) is 0.723. The third kappa shape index (κ3) is 5.80. The summed E-state index contributed by atoms with van der Waals surface area (Å²) in [6.45, 7) is 1.57. The van der Waals surface area contributed by atoms with Crippen LogP contribution in [0.15, 0.2) is 18.2 Å². The summed E-state index contributed by atoms with van der Waals surface area (Å²) in [4.78, 5) is 48.9. The van der Waals surface area contributed by atoms with E-state index in [0.29, 0.717) is 36.3 Å². The second-order valence-corrected chi connectivity index (χ2v) is 6.34. The van der Waals surface area contributed by atoms with Gasteiger partial charge in [-0.15, -0.1) is 0 Å². The largest absolute Gasteiger partial charge is 0.497 e. The highest BCUT2D eigenvalue weighted by molar-refractivity contribution is 6.06. The van der Waals surface area contributed by atoms with Gasteiger partial charge in [0.15, 0.2) is 5.78 Å². The number of fused-ring (bicyclic) bond motifs is 1. The maximum atomic E-state index is 12.6. The number of anilines is 1. The van der Waals surface area contributed by atoms with Crippen LogP contribution in [0.1, 0.15) is 49.4 Å². The monoisotopic (exact) mass is 375 g/mol. The first-order chi connectivity index (χ1) is 12.9. The molecule has 0 spiro atoms. The van der Waals surface area contributed by atoms with Crippen LogP contribution in [0, 0.1) is 0 Å². The van der Waals surface area contributed by atoms with E-state index in [1.807, 2.05) is 0 Å². The molecule has 8 nitrogen and oxygen atoms in total. The first-order valence-electron chi connectivity index (χ1n) is 9.02. The Labute approximate surface area is 158 Å². The lowest BCUT2D eigenvalue weighted by Crippen LogP contribution is -2.47. The Morgan fingerprint density at radius 2 is 1.81 bits per heavy atom. The SMILES string of the molecule is CC[C@H]1NC(=O)CNC(=O)CCCCC(=O)c2ccc(OC)cc2NC1=O. The summed E-state index contributed by atoms with van der Waals surface area (Å²) in [5.41, 5.74) is 0.728. The number of benzene rings is 1. The van der Waals surface area contributed by atoms with Gasteiger partial charge < -0.3 is 20.7 Å². The fourth-order valence-electron chi connectivity index (χ4n) is 2.79. The van der Waals surface area contributed by atoms with Crippen LogP contribution >= 0.6 is 0 Å². The predicted molar refractivity (Wildman–Crippen MR) is 99.7 cm³/mol. The number of hydrogen-bond acceptors (Lipinski definition) is 5. The minimum atomic E-state index is -0.784. The van der Waals surface area contributed by atoms with Crippen LogP contribution in [0.25, 0.3) is 0 Å². The van der Waals surface area contributed by atoms with E-state index in [9.17, 15) is 19.2 Å². The van der Waals surface area contributed by atoms with Crippen molar-refractivity contribution < 1.29 is 23.9 Å². The average molecular weight is 375 g/mol. The maximum absolute atomic E-state index is 12.6. The zero-order valence-corrected chi connectivity index (χ0v) is 15.6. The molecular weight excluding hydrogens is 350 g/mol. The number of methoxy groups -OCH3 is 1. The molecule has 1 heterocycles. The number of amides is 3. The third-order valence-corrected chi connectivity index (χ3v) is 4.35. The van der Waals surface area contributed by atoms with Gasteiger partial charge in [-0.2, -0.15) is 0 Å². The molecule has 0 unspecified atom stereocenters. The predicted octanol–water partition coefficient (Wildman–Crippen LogP) is 1.40. The second kappa shape index (κ2) is 9.70. The van der Waals surface area contributed by atoms with Gasteiger partial charge in [0.1, 0.15) is 11.8 Å². The fraction of sp³-hybridized carbons (Fsp3) is 0.474. The van der Waals surface area contributed by atoms with Crippen molar-refractivity contribution in [3.63, 3.8) is 0 Å². The van der Waals surface area contributed by atoms with Crippen LogP contribution in [-0.4, -0.2) is 43.2 Å².